The number of hydrogen-bond acceptors (Lipinski definition) is 2. The molecule has 7 heteroatoms. The van der Waals surface area contributed by atoms with Crippen LogP contribution in [0.15, 0.2) is 24.3 Å². The zero-order valence-electron chi connectivity index (χ0n) is 19.8. The zero-order chi connectivity index (χ0) is 23.9. The summed E-state index contributed by atoms with van der Waals surface area (Å²) in [6.45, 7) is 21.9. The van der Waals surface area contributed by atoms with E-state index in [0.29, 0.717) is 0 Å². The Hall–Kier alpha value is -0.257. The van der Waals surface area contributed by atoms with Gasteiger partial charge in [-0.25, -0.2) is 0 Å². The molecule has 2 aromatic rings. The maximum absolute atomic E-state index is 5.01. The molecule has 0 atom stereocenters. The van der Waals surface area contributed by atoms with Crippen LogP contribution in [0, 0.1) is 53.1 Å². The third kappa shape index (κ3) is 9.64. The van der Waals surface area contributed by atoms with Crippen molar-refractivity contribution in [1.29, 1.82) is 0 Å². The summed E-state index contributed by atoms with van der Waals surface area (Å²) in [6.07, 6.45) is 0. The molecule has 2 aromatic carbocycles. The van der Waals surface area contributed by atoms with Gasteiger partial charge in [-0.1, -0.05) is 35.4 Å². The normalized spacial score (nSPS) is 13.9. The molecule has 3 rings (SSSR count). The molecule has 0 unspecified atom stereocenters. The van der Waals surface area contributed by atoms with Crippen molar-refractivity contribution >= 4 is 49.0 Å². The zero-order valence-corrected chi connectivity index (χ0v) is 24.8. The van der Waals surface area contributed by atoms with Gasteiger partial charge < -0.3 is 9.80 Å². The summed E-state index contributed by atoms with van der Waals surface area (Å²) in [7, 11) is 16.1. The van der Waals surface area contributed by atoms with Crippen LogP contribution in [-0.4, -0.2) is 26.4 Å². The van der Waals surface area contributed by atoms with E-state index in [4.69, 9.17) is 34.0 Å². The molecule has 0 bridgehead atoms. The first-order valence-electron chi connectivity index (χ1n) is 10.0. The predicted molar refractivity (Wildman–Crippen MR) is 143 cm³/mol. The maximum atomic E-state index is 5.01. The SMILES string of the molecule is CPC.Cc1cc(C)c(N2[CH-]N(c3c(C)cc(C)cc3C)CC2)c(C)c1.[CH]#[Ru]([Cl])([Cl])[Cl]. The van der Waals surface area contributed by atoms with Gasteiger partial charge in [0.15, 0.2) is 0 Å². The molecule has 1 fully saturated rings. The van der Waals surface area contributed by atoms with E-state index >= 15 is 0 Å². The summed E-state index contributed by atoms with van der Waals surface area (Å²) in [5.41, 5.74) is 10.8. The molecule has 0 aliphatic carbocycles. The average Bonchev–Trinajstić information content (AvgIpc) is 3.01. The molecular formula is C24H35Cl3N2PRu-. The van der Waals surface area contributed by atoms with Crippen molar-refractivity contribution in [2.24, 2.45) is 0 Å². The Balaban J connectivity index is 0.000000519. The molecule has 176 valence electrons. The number of halogens is 3. The number of aryl methyl sites for hydroxylation is 6. The third-order valence-corrected chi connectivity index (χ3v) is 4.71. The second-order valence-electron chi connectivity index (χ2n) is 7.88. The molecule has 1 saturated heterocycles. The van der Waals surface area contributed by atoms with Gasteiger partial charge in [0.05, 0.1) is 0 Å². The Kier molecular flexibility index (Phi) is 11.9. The summed E-state index contributed by atoms with van der Waals surface area (Å²) >= 11 is -2.94. The van der Waals surface area contributed by atoms with E-state index in [2.05, 4.69) is 95.6 Å². The van der Waals surface area contributed by atoms with Crippen molar-refractivity contribution in [2.75, 3.05) is 36.2 Å². The van der Waals surface area contributed by atoms with Crippen LogP contribution in [-0.2, 0) is 11.2 Å². The van der Waals surface area contributed by atoms with Gasteiger partial charge in [-0.3, -0.25) is 0 Å². The van der Waals surface area contributed by atoms with Crippen molar-refractivity contribution in [3.05, 3.63) is 64.3 Å². The molecule has 1 aliphatic heterocycles. The number of rotatable bonds is 2. The minimum absolute atomic E-state index is 1.04. The molecule has 0 amide bonds. The van der Waals surface area contributed by atoms with Gasteiger partial charge in [0.1, 0.15) is 0 Å². The molecule has 1 heterocycles. The van der Waals surface area contributed by atoms with E-state index in [-0.39, 0.29) is 0 Å². The number of nitrogens with zero attached hydrogens (tertiary/aromatic N) is 2. The summed E-state index contributed by atoms with van der Waals surface area (Å²) in [5, 5.41) is 0. The van der Waals surface area contributed by atoms with Crippen molar-refractivity contribution in [3.63, 3.8) is 0 Å². The quantitative estimate of drug-likeness (QED) is 0.198. The first-order chi connectivity index (χ1) is 14.3. The molecular weight excluding hydrogens is 555 g/mol. The Bertz CT molecular complexity index is 869. The number of anilines is 2. The van der Waals surface area contributed by atoms with Gasteiger partial charge in [-0.15, -0.1) is 8.58 Å². The van der Waals surface area contributed by atoms with Crippen molar-refractivity contribution in [2.45, 2.75) is 41.5 Å². The number of hydrogen-bond donors (Lipinski definition) is 0. The monoisotopic (exact) mass is 589 g/mol. The first kappa shape index (κ1) is 28.8. The first-order valence-corrected chi connectivity index (χ1v) is 19.7. The number of benzene rings is 2. The van der Waals surface area contributed by atoms with E-state index in [1.54, 1.807) is 0 Å². The van der Waals surface area contributed by atoms with E-state index < -0.39 is 11.2 Å². The van der Waals surface area contributed by atoms with Crippen LogP contribution in [0.3, 0.4) is 0 Å². The molecule has 0 N–H and O–H groups in total. The fourth-order valence-electron chi connectivity index (χ4n) is 4.09. The van der Waals surface area contributed by atoms with Crippen LogP contribution in [0.4, 0.5) is 11.4 Å². The molecule has 0 aromatic heterocycles. The second-order valence-corrected chi connectivity index (χ2v) is 20.7. The Morgan fingerprint density at radius 1 is 0.742 bits per heavy atom. The van der Waals surface area contributed by atoms with E-state index in [1.807, 2.05) is 0 Å². The third-order valence-electron chi connectivity index (χ3n) is 4.71. The van der Waals surface area contributed by atoms with Gasteiger partial charge in [-0.05, 0) is 77.1 Å². The van der Waals surface area contributed by atoms with Crippen molar-refractivity contribution in [3.8, 4) is 4.92 Å². The van der Waals surface area contributed by atoms with Crippen LogP contribution >= 0.6 is 37.7 Å². The Morgan fingerprint density at radius 3 is 1.19 bits per heavy atom. The van der Waals surface area contributed by atoms with Gasteiger partial charge in [0.25, 0.3) is 0 Å². The molecule has 31 heavy (non-hydrogen) atoms. The summed E-state index contributed by atoms with van der Waals surface area (Å²) < 4.78 is 0. The molecule has 1 aliphatic rings. The Labute approximate surface area is 206 Å². The van der Waals surface area contributed by atoms with Crippen LogP contribution in [0.2, 0.25) is 0 Å². The van der Waals surface area contributed by atoms with Gasteiger partial charge in [0.2, 0.25) is 0 Å². The van der Waals surface area contributed by atoms with Crippen LogP contribution in [0.25, 0.3) is 0 Å². The van der Waals surface area contributed by atoms with Crippen LogP contribution < -0.4 is 9.80 Å². The Morgan fingerprint density at radius 2 is 0.968 bits per heavy atom. The van der Waals surface area contributed by atoms with Crippen molar-refractivity contribution in [1.82, 2.24) is 0 Å². The topological polar surface area (TPSA) is 6.48 Å². The van der Waals surface area contributed by atoms with Gasteiger partial charge in [-0.2, -0.15) is 6.67 Å². The molecule has 2 nitrogen and oxygen atoms in total. The summed E-state index contributed by atoms with van der Waals surface area (Å²) in [4.78, 5) is 9.63. The second kappa shape index (κ2) is 12.8. The van der Waals surface area contributed by atoms with Crippen LogP contribution in [0.5, 0.6) is 0 Å². The van der Waals surface area contributed by atoms with E-state index in [9.17, 15) is 0 Å². The average molecular weight is 590 g/mol. The standard InChI is InChI=1S/C21H27N2.C2H7P.CH.3ClH.Ru/c1-14-9-16(3)20(17(4)10-14)22-7-8-23(13-22)21-18(5)11-15(2)12-19(21)6;1-3-2;;;;;/h9-13H,7-8H2,1-6H3;3H,1-2H3;4*1H;/q-1;;;;;;+3/p-3. The molecule has 0 saturated carbocycles. The van der Waals surface area contributed by atoms with Crippen LogP contribution in [0.1, 0.15) is 33.4 Å². The van der Waals surface area contributed by atoms with Gasteiger partial charge >= 0.3 is 45.1 Å². The fourth-order valence-corrected chi connectivity index (χ4v) is 4.09. The molecule has 0 radical (unpaired) electrons. The molecule has 0 spiro atoms. The minimum atomic E-state index is -2.94. The van der Waals surface area contributed by atoms with E-state index in [0.717, 1.165) is 21.7 Å². The fraction of sp³-hybridized carbons (Fsp3) is 0.417. The van der Waals surface area contributed by atoms with E-state index in [1.165, 1.54) is 44.8 Å². The predicted octanol–water partition coefficient (Wildman–Crippen LogP) is 8.10. The summed E-state index contributed by atoms with van der Waals surface area (Å²) in [5.74, 6) is 0. The van der Waals surface area contributed by atoms with Gasteiger partial charge in [0, 0.05) is 24.5 Å². The van der Waals surface area contributed by atoms with Crippen molar-refractivity contribution < 1.29 is 11.2 Å². The summed E-state index contributed by atoms with van der Waals surface area (Å²) in [6, 6.07) is 9.12.